The zero-order valence-electron chi connectivity index (χ0n) is 25.9. The molecule has 1 N–H and O–H groups in total. The van der Waals surface area contributed by atoms with Crippen molar-refractivity contribution in [2.24, 2.45) is 39.9 Å². The van der Waals surface area contributed by atoms with Crippen molar-refractivity contribution < 1.29 is 43.3 Å². The summed E-state index contributed by atoms with van der Waals surface area (Å²) in [5.74, 6) is -3.34. The Hall–Kier alpha value is -2.81. The van der Waals surface area contributed by atoms with Gasteiger partial charge in [-0.3, -0.25) is 19.2 Å². The summed E-state index contributed by atoms with van der Waals surface area (Å²) in [4.78, 5) is 65.8. The molecule has 10 atom stereocenters. The van der Waals surface area contributed by atoms with Crippen LogP contribution >= 0.6 is 0 Å². The lowest BCUT2D eigenvalue weighted by Gasteiger charge is -2.66. The molecule has 0 bridgehead atoms. The molecule has 42 heavy (non-hydrogen) atoms. The second kappa shape index (κ2) is 9.86. The molecule has 0 aromatic rings. The Bertz CT molecular complexity index is 1300. The summed E-state index contributed by atoms with van der Waals surface area (Å²) in [6, 6.07) is 0. The lowest BCUT2D eigenvalue weighted by Crippen LogP contribution is -2.69. The first-order chi connectivity index (χ1) is 19.4. The van der Waals surface area contributed by atoms with Gasteiger partial charge in [-0.15, -0.1) is 0 Å². The highest BCUT2D eigenvalue weighted by molar-refractivity contribution is 5.98. The molecule has 1 heterocycles. The normalized spacial score (nSPS) is 45.0. The third-order valence-electron chi connectivity index (χ3n) is 11.8. The second-order valence-electron chi connectivity index (χ2n) is 14.4. The first-order valence-corrected chi connectivity index (χ1v) is 15.2. The van der Waals surface area contributed by atoms with Crippen molar-refractivity contribution in [2.45, 2.75) is 111 Å². The Labute approximate surface area is 247 Å². The Morgan fingerprint density at radius 1 is 1.02 bits per heavy atom. The number of aliphatic hydroxyl groups is 1. The van der Waals surface area contributed by atoms with Gasteiger partial charge in [0.2, 0.25) is 0 Å². The van der Waals surface area contributed by atoms with Crippen molar-refractivity contribution in [2.75, 3.05) is 0 Å². The number of allylic oxidation sites excluding steroid dienone is 2. The van der Waals surface area contributed by atoms with Gasteiger partial charge in [-0.25, -0.2) is 4.79 Å². The van der Waals surface area contributed by atoms with E-state index in [0.717, 1.165) is 0 Å². The van der Waals surface area contributed by atoms with Gasteiger partial charge in [0.05, 0.1) is 5.60 Å². The number of hydrogen-bond acceptors (Lipinski definition) is 9. The standard InChI is InChI=1S/C33H44O9/c1-16-21(36)13-14-31(6)23-11-10-20-25(19-9-12-24(30(4,5)39)42-29(19)38)22(40-17(2)34)15-32(20,7)33(23,8)28(37)27(26(16)31)41-18(3)35/h13-14,16,20,22-24,26-27,39H,9-12,15H2,1-8H3/b25-19-/t16-,20+,22+,23+,24+,26-,27+,31-,32+,33-/m1/s1. The number of ether oxygens (including phenoxy) is 3. The van der Waals surface area contributed by atoms with Crippen molar-refractivity contribution in [1.82, 2.24) is 0 Å². The minimum absolute atomic E-state index is 0.0890. The molecule has 0 spiro atoms. The number of Topliss-reactive ketones (excluding diaryl/α,β-unsaturated/α-hetero) is 1. The third-order valence-corrected chi connectivity index (χ3v) is 11.8. The van der Waals surface area contributed by atoms with Crippen molar-refractivity contribution in [3.63, 3.8) is 0 Å². The zero-order valence-corrected chi connectivity index (χ0v) is 25.9. The van der Waals surface area contributed by atoms with Crippen molar-refractivity contribution >= 4 is 29.5 Å². The van der Waals surface area contributed by atoms with Crippen molar-refractivity contribution in [3.05, 3.63) is 23.3 Å². The fraction of sp³-hybridized carbons (Fsp3) is 0.727. The van der Waals surface area contributed by atoms with E-state index in [1.807, 2.05) is 19.9 Å². The summed E-state index contributed by atoms with van der Waals surface area (Å²) in [5.41, 5.74) is -2.43. The number of carbonyl (C=O) groups excluding carboxylic acids is 5. The van der Waals surface area contributed by atoms with Crippen LogP contribution in [0.2, 0.25) is 0 Å². The summed E-state index contributed by atoms with van der Waals surface area (Å²) < 4.78 is 17.4. The van der Waals surface area contributed by atoms with Gasteiger partial charge < -0.3 is 19.3 Å². The predicted molar refractivity (Wildman–Crippen MR) is 151 cm³/mol. The number of esters is 3. The molecule has 4 fully saturated rings. The Morgan fingerprint density at radius 3 is 2.24 bits per heavy atom. The van der Waals surface area contributed by atoms with Crippen LogP contribution in [-0.4, -0.2) is 58.5 Å². The molecule has 5 aliphatic rings. The molecule has 1 aliphatic heterocycles. The van der Waals surface area contributed by atoms with E-state index in [1.54, 1.807) is 26.8 Å². The third kappa shape index (κ3) is 4.24. The maximum atomic E-state index is 14.8. The average molecular weight is 585 g/mol. The molecule has 9 nitrogen and oxygen atoms in total. The van der Waals surface area contributed by atoms with Crippen LogP contribution in [-0.2, 0) is 38.2 Å². The van der Waals surface area contributed by atoms with Gasteiger partial charge in [0.15, 0.2) is 17.7 Å². The Morgan fingerprint density at radius 2 is 1.67 bits per heavy atom. The summed E-state index contributed by atoms with van der Waals surface area (Å²) >= 11 is 0. The van der Waals surface area contributed by atoms with Crippen LogP contribution in [0.1, 0.15) is 87.5 Å². The highest BCUT2D eigenvalue weighted by Gasteiger charge is 2.74. The highest BCUT2D eigenvalue weighted by Crippen LogP contribution is 2.73. The minimum Gasteiger partial charge on any atom is -0.458 e. The summed E-state index contributed by atoms with van der Waals surface area (Å²) in [7, 11) is 0. The minimum atomic E-state index is -1.20. The topological polar surface area (TPSA) is 133 Å². The number of carbonyl (C=O) groups is 5. The van der Waals surface area contributed by atoms with Crippen LogP contribution in [0.25, 0.3) is 0 Å². The van der Waals surface area contributed by atoms with E-state index in [4.69, 9.17) is 14.2 Å². The molecule has 4 aliphatic carbocycles. The van der Waals surface area contributed by atoms with Crippen LogP contribution < -0.4 is 0 Å². The van der Waals surface area contributed by atoms with Crippen LogP contribution in [0.3, 0.4) is 0 Å². The predicted octanol–water partition coefficient (Wildman–Crippen LogP) is 4.05. The fourth-order valence-corrected chi connectivity index (χ4v) is 9.71. The van der Waals surface area contributed by atoms with E-state index in [2.05, 4.69) is 6.92 Å². The van der Waals surface area contributed by atoms with Gasteiger partial charge in [-0.2, -0.15) is 0 Å². The van der Waals surface area contributed by atoms with Crippen LogP contribution in [0, 0.1) is 39.9 Å². The lowest BCUT2D eigenvalue weighted by molar-refractivity contribution is -0.207. The molecule has 9 heteroatoms. The fourth-order valence-electron chi connectivity index (χ4n) is 9.71. The van der Waals surface area contributed by atoms with Gasteiger partial charge in [-0.05, 0) is 80.3 Å². The molecule has 230 valence electrons. The smallest absolute Gasteiger partial charge is 0.334 e. The van der Waals surface area contributed by atoms with Crippen LogP contribution in [0.15, 0.2) is 23.3 Å². The van der Waals surface area contributed by atoms with E-state index in [1.165, 1.54) is 13.8 Å². The molecule has 0 aromatic heterocycles. The second-order valence-corrected chi connectivity index (χ2v) is 14.4. The summed E-state index contributed by atoms with van der Waals surface area (Å²) in [5, 5.41) is 10.5. The molecule has 3 saturated carbocycles. The van der Waals surface area contributed by atoms with Crippen molar-refractivity contribution in [1.29, 1.82) is 0 Å². The SMILES string of the molecule is CC(=O)O[C@H]1C[C@@]2(C)[C@@H](CC[C@H]3[C@@]4(C)C=CC(=O)[C@@H](C)[C@@H]4[C@H](OC(C)=O)C(=O)[C@@]32C)/C1=C1\CC[C@@H](C(C)(C)O)OC1=O. The largest absolute Gasteiger partial charge is 0.458 e. The Balaban J connectivity index is 1.66. The van der Waals surface area contributed by atoms with Gasteiger partial charge >= 0.3 is 17.9 Å². The molecule has 5 rings (SSSR count). The molecular weight excluding hydrogens is 540 g/mol. The monoisotopic (exact) mass is 584 g/mol. The van der Waals surface area contributed by atoms with Gasteiger partial charge in [-0.1, -0.05) is 33.8 Å². The van der Waals surface area contributed by atoms with Crippen molar-refractivity contribution in [3.8, 4) is 0 Å². The maximum absolute atomic E-state index is 14.8. The first kappa shape index (κ1) is 30.6. The summed E-state index contributed by atoms with van der Waals surface area (Å²) in [6.07, 6.45) is 3.44. The maximum Gasteiger partial charge on any atom is 0.334 e. The summed E-state index contributed by atoms with van der Waals surface area (Å²) in [6.45, 7) is 13.7. The van der Waals surface area contributed by atoms with E-state index in [-0.39, 0.29) is 23.4 Å². The quantitative estimate of drug-likeness (QED) is 0.296. The van der Waals surface area contributed by atoms with E-state index < -0.39 is 69.9 Å². The number of rotatable bonds is 3. The van der Waals surface area contributed by atoms with Gasteiger partial charge in [0.25, 0.3) is 0 Å². The average Bonchev–Trinajstić information content (AvgIpc) is 3.16. The number of ketones is 2. The number of fused-ring (bicyclic) bond motifs is 5. The van der Waals surface area contributed by atoms with Gasteiger partial charge in [0.1, 0.15) is 12.2 Å². The molecule has 0 amide bonds. The van der Waals surface area contributed by atoms with Crippen LogP contribution in [0.5, 0.6) is 0 Å². The highest BCUT2D eigenvalue weighted by atomic mass is 16.6. The number of cyclic esters (lactones) is 1. The number of hydrogen-bond donors (Lipinski definition) is 1. The zero-order chi connectivity index (χ0) is 31.2. The van der Waals surface area contributed by atoms with Crippen LogP contribution in [0.4, 0.5) is 0 Å². The van der Waals surface area contributed by atoms with Gasteiger partial charge in [0, 0.05) is 36.7 Å². The molecule has 0 aromatic carbocycles. The molecule has 1 saturated heterocycles. The molecule has 0 radical (unpaired) electrons. The Kier molecular flexibility index (Phi) is 7.19. The lowest BCUT2D eigenvalue weighted by atomic mass is 9.37. The van der Waals surface area contributed by atoms with E-state index >= 15 is 0 Å². The molecule has 0 unspecified atom stereocenters. The molecular formula is C33H44O9. The van der Waals surface area contributed by atoms with E-state index in [9.17, 15) is 29.1 Å². The van der Waals surface area contributed by atoms with E-state index in [0.29, 0.717) is 43.3 Å². The first-order valence-electron chi connectivity index (χ1n) is 15.2.